The zero-order valence-electron chi connectivity index (χ0n) is 27.1. The van der Waals surface area contributed by atoms with Crippen molar-refractivity contribution < 1.29 is 14.9 Å². The lowest BCUT2D eigenvalue weighted by Crippen LogP contribution is -2.38. The summed E-state index contributed by atoms with van der Waals surface area (Å²) >= 11 is 0. The first kappa shape index (κ1) is 30.4. The third-order valence-electron chi connectivity index (χ3n) is 9.64. The Balaban J connectivity index is 1.21. The molecule has 12 nitrogen and oxygen atoms in total. The molecule has 2 atom stereocenters. The molecule has 0 bridgehead atoms. The monoisotopic (exact) mass is 626 g/mol. The second kappa shape index (κ2) is 11.5. The molecule has 1 unspecified atom stereocenters. The number of hydrogen-bond donors (Lipinski definition) is 3. The van der Waals surface area contributed by atoms with E-state index in [1.54, 1.807) is 31.5 Å². The molecule has 0 saturated carbocycles. The molecule has 4 aromatic heterocycles. The number of aliphatic hydroxyl groups is 2. The Morgan fingerprint density at radius 2 is 2.00 bits per heavy atom. The molecule has 242 valence electrons. The van der Waals surface area contributed by atoms with E-state index in [1.165, 1.54) is 15.8 Å². The zero-order valence-corrected chi connectivity index (χ0v) is 27.1. The van der Waals surface area contributed by atoms with E-state index in [1.807, 2.05) is 45.8 Å². The number of methoxy groups -OCH3 is 1. The summed E-state index contributed by atoms with van der Waals surface area (Å²) in [6, 6.07) is 6.03. The van der Waals surface area contributed by atoms with Crippen LogP contribution in [0.5, 0.6) is 0 Å². The lowest BCUT2D eigenvalue weighted by atomic mass is 9.90. The average molecular weight is 627 g/mol. The number of hydrogen-bond acceptors (Lipinski definition) is 9. The van der Waals surface area contributed by atoms with Crippen LogP contribution in [-0.2, 0) is 30.7 Å². The Bertz CT molecular complexity index is 1930. The SMILES string of the molecule is COCCN1CCn2nc(NC3=CC(c4ccnc(-n5ccn6c7c(cc6c5=O)CC(C)(C)C7)c4CO)=CN(C)C3O)cc2[C@H]1C. The maximum absolute atomic E-state index is 13.8. The lowest BCUT2D eigenvalue weighted by molar-refractivity contribution is 0.0878. The number of ether oxygens (including phenoxy) is 1. The molecule has 12 heteroatoms. The number of aromatic nitrogens is 5. The third-order valence-corrected chi connectivity index (χ3v) is 9.64. The normalized spacial score (nSPS) is 20.9. The largest absolute Gasteiger partial charge is 0.392 e. The minimum absolute atomic E-state index is 0.178. The summed E-state index contributed by atoms with van der Waals surface area (Å²) in [6.45, 7) is 9.51. The first-order valence-corrected chi connectivity index (χ1v) is 15.8. The van der Waals surface area contributed by atoms with E-state index < -0.39 is 6.23 Å². The highest BCUT2D eigenvalue weighted by atomic mass is 16.5. The Morgan fingerprint density at radius 3 is 2.78 bits per heavy atom. The zero-order chi connectivity index (χ0) is 32.3. The van der Waals surface area contributed by atoms with Crippen molar-refractivity contribution in [1.82, 2.24) is 33.5 Å². The number of rotatable bonds is 8. The number of allylic oxidation sites excluding steroid dienone is 2. The molecule has 0 spiro atoms. The molecule has 4 aromatic rings. The first-order valence-electron chi connectivity index (χ1n) is 15.8. The maximum Gasteiger partial charge on any atom is 0.280 e. The van der Waals surface area contributed by atoms with Crippen molar-refractivity contribution in [3.05, 3.63) is 93.2 Å². The van der Waals surface area contributed by atoms with Gasteiger partial charge in [-0.3, -0.25) is 18.9 Å². The highest BCUT2D eigenvalue weighted by Gasteiger charge is 2.32. The number of fused-ring (bicyclic) bond motifs is 4. The fourth-order valence-corrected chi connectivity index (χ4v) is 7.25. The molecule has 2 aliphatic heterocycles. The highest BCUT2D eigenvalue weighted by Crippen LogP contribution is 2.37. The van der Waals surface area contributed by atoms with Gasteiger partial charge in [-0.15, -0.1) is 0 Å². The van der Waals surface area contributed by atoms with Crippen LogP contribution in [0.15, 0.2) is 59.6 Å². The number of nitrogens with zero attached hydrogens (tertiary/aromatic N) is 7. The molecular weight excluding hydrogens is 584 g/mol. The molecule has 6 heterocycles. The highest BCUT2D eigenvalue weighted by molar-refractivity contribution is 5.79. The molecule has 1 aliphatic carbocycles. The Kier molecular flexibility index (Phi) is 7.63. The van der Waals surface area contributed by atoms with E-state index in [-0.39, 0.29) is 23.6 Å². The van der Waals surface area contributed by atoms with Gasteiger partial charge in [0.1, 0.15) is 11.3 Å². The summed E-state index contributed by atoms with van der Waals surface area (Å²) in [5, 5.41) is 29.9. The third kappa shape index (κ3) is 5.15. The van der Waals surface area contributed by atoms with Gasteiger partial charge < -0.3 is 29.6 Å². The fourth-order valence-electron chi connectivity index (χ4n) is 7.25. The second-order valence-corrected chi connectivity index (χ2v) is 13.4. The molecule has 3 aliphatic rings. The van der Waals surface area contributed by atoms with Crippen molar-refractivity contribution >= 4 is 16.9 Å². The molecule has 0 aromatic carbocycles. The standard InChI is InChI=1S/C34H42N8O4/c1-21-27-16-30(37-42(27)11-8-39(21)12-13-46-5)36-26-14-23(19-38(4)32(26)44)24-6-7-35-31(25(24)20-43)41-10-9-40-28(33(41)45)15-22-17-34(2,3)18-29(22)40/h6-7,9-10,14-16,19,21,32,43-44H,8,11-13,17-18,20H2,1-5H3,(H,36,37)/t21-,32?/m1/s1. The van der Waals surface area contributed by atoms with Crippen LogP contribution in [0.1, 0.15) is 54.9 Å². The van der Waals surface area contributed by atoms with Crippen molar-refractivity contribution in [2.45, 2.75) is 59.0 Å². The van der Waals surface area contributed by atoms with Gasteiger partial charge in [0, 0.05) is 81.0 Å². The van der Waals surface area contributed by atoms with E-state index in [9.17, 15) is 15.0 Å². The molecule has 0 fully saturated rings. The van der Waals surface area contributed by atoms with Gasteiger partial charge in [-0.2, -0.15) is 5.10 Å². The summed E-state index contributed by atoms with van der Waals surface area (Å²) in [5.41, 5.74) is 6.61. The van der Waals surface area contributed by atoms with Crippen LogP contribution in [0, 0.1) is 5.41 Å². The predicted molar refractivity (Wildman–Crippen MR) is 175 cm³/mol. The smallest absolute Gasteiger partial charge is 0.280 e. The lowest BCUT2D eigenvalue weighted by Gasteiger charge is -2.33. The molecule has 46 heavy (non-hydrogen) atoms. The van der Waals surface area contributed by atoms with Gasteiger partial charge in [0.15, 0.2) is 12.0 Å². The van der Waals surface area contributed by atoms with Gasteiger partial charge in [-0.1, -0.05) is 13.8 Å². The van der Waals surface area contributed by atoms with Crippen LogP contribution in [0.2, 0.25) is 0 Å². The summed E-state index contributed by atoms with van der Waals surface area (Å²) in [7, 11) is 3.51. The molecule has 0 amide bonds. The molecule has 0 saturated heterocycles. The molecule has 3 N–H and O–H groups in total. The summed E-state index contributed by atoms with van der Waals surface area (Å²) in [4.78, 5) is 22.4. The minimum atomic E-state index is -0.927. The minimum Gasteiger partial charge on any atom is -0.392 e. The van der Waals surface area contributed by atoms with Gasteiger partial charge in [0.05, 0.1) is 31.1 Å². The Hall–Kier alpha value is -4.23. The Labute approximate surface area is 267 Å². The van der Waals surface area contributed by atoms with Crippen LogP contribution < -0.4 is 10.9 Å². The topological polar surface area (TPSA) is 125 Å². The van der Waals surface area contributed by atoms with Gasteiger partial charge >= 0.3 is 0 Å². The van der Waals surface area contributed by atoms with Crippen molar-refractivity contribution in [2.24, 2.45) is 5.41 Å². The number of anilines is 1. The summed E-state index contributed by atoms with van der Waals surface area (Å²) in [6.07, 6.45) is 9.91. The van der Waals surface area contributed by atoms with Gasteiger partial charge in [-0.05, 0) is 54.5 Å². The summed E-state index contributed by atoms with van der Waals surface area (Å²) in [5.74, 6) is 1.02. The molecular formula is C34H42N8O4. The summed E-state index contributed by atoms with van der Waals surface area (Å²) < 4.78 is 10.8. The predicted octanol–water partition coefficient (Wildman–Crippen LogP) is 2.92. The van der Waals surface area contributed by atoms with Crippen LogP contribution in [0.25, 0.3) is 16.9 Å². The number of nitrogens with one attached hydrogen (secondary N) is 1. The van der Waals surface area contributed by atoms with E-state index in [2.05, 4.69) is 36.0 Å². The molecule has 7 rings (SSSR count). The van der Waals surface area contributed by atoms with Gasteiger partial charge in [0.25, 0.3) is 5.56 Å². The van der Waals surface area contributed by atoms with Crippen molar-refractivity contribution in [2.75, 3.05) is 39.2 Å². The van der Waals surface area contributed by atoms with Gasteiger partial charge in [0.2, 0.25) is 0 Å². The first-order chi connectivity index (χ1) is 22.1. The van der Waals surface area contributed by atoms with Crippen LogP contribution in [0.3, 0.4) is 0 Å². The van der Waals surface area contributed by atoms with Crippen molar-refractivity contribution in [3.63, 3.8) is 0 Å². The van der Waals surface area contributed by atoms with E-state index in [4.69, 9.17) is 9.84 Å². The fraction of sp³-hybridized carbons (Fsp3) is 0.441. The van der Waals surface area contributed by atoms with Crippen molar-refractivity contribution in [1.29, 1.82) is 0 Å². The quantitative estimate of drug-likeness (QED) is 0.271. The average Bonchev–Trinajstić information content (AvgIpc) is 3.69. The van der Waals surface area contributed by atoms with E-state index >= 15 is 0 Å². The van der Waals surface area contributed by atoms with E-state index in [0.717, 1.165) is 43.7 Å². The number of likely N-dealkylation sites (N-methyl/N-ethyl adjacent to an activating group) is 1. The number of pyridine rings is 1. The van der Waals surface area contributed by atoms with Crippen molar-refractivity contribution in [3.8, 4) is 5.82 Å². The Morgan fingerprint density at radius 1 is 1.17 bits per heavy atom. The van der Waals surface area contributed by atoms with Gasteiger partial charge in [-0.25, -0.2) is 4.98 Å². The number of aliphatic hydroxyl groups excluding tert-OH is 2. The molecule has 0 radical (unpaired) electrons. The van der Waals surface area contributed by atoms with Crippen LogP contribution >= 0.6 is 0 Å². The van der Waals surface area contributed by atoms with Crippen LogP contribution in [0.4, 0.5) is 5.82 Å². The second-order valence-electron chi connectivity index (χ2n) is 13.4. The van der Waals surface area contributed by atoms with Crippen LogP contribution in [-0.4, -0.2) is 83.8 Å². The van der Waals surface area contributed by atoms with E-state index in [0.29, 0.717) is 40.6 Å². The maximum atomic E-state index is 13.8.